The molecule has 1 fully saturated rings. The molecule has 0 saturated heterocycles. The Bertz CT molecular complexity index is 1970. The molecular formula is C39H37F5N2O11. The Labute approximate surface area is 321 Å². The highest BCUT2D eigenvalue weighted by Gasteiger charge is 2.56. The van der Waals surface area contributed by atoms with Crippen LogP contribution in [0.1, 0.15) is 47.2 Å². The number of esters is 2. The van der Waals surface area contributed by atoms with Crippen molar-refractivity contribution in [1.29, 1.82) is 0 Å². The molecule has 1 aliphatic rings. The Hall–Kier alpha value is -6.33. The molecule has 5 N–H and O–H groups in total. The van der Waals surface area contributed by atoms with Gasteiger partial charge in [0.05, 0.1) is 30.6 Å². The summed E-state index contributed by atoms with van der Waals surface area (Å²) in [6, 6.07) is 16.0. The van der Waals surface area contributed by atoms with Crippen molar-refractivity contribution in [2.75, 3.05) is 24.3 Å². The highest BCUT2D eigenvalue weighted by atomic mass is 19.4. The second kappa shape index (κ2) is 19.0. The number of nitrogens with two attached hydrogens (primary N) is 1. The Morgan fingerprint density at radius 1 is 0.895 bits per heavy atom. The minimum atomic E-state index is -5.63. The molecule has 0 heterocycles. The number of carboxylic acid groups (broad SMARTS) is 2. The number of carbonyl (C=O) groups is 6. The second-order valence-corrected chi connectivity index (χ2v) is 13.1. The predicted octanol–water partition coefficient (Wildman–Crippen LogP) is 6.21. The monoisotopic (exact) mass is 804 g/mol. The van der Waals surface area contributed by atoms with Gasteiger partial charge in [0.25, 0.3) is 0 Å². The zero-order valence-corrected chi connectivity index (χ0v) is 29.9. The van der Waals surface area contributed by atoms with Gasteiger partial charge >= 0.3 is 36.0 Å². The summed E-state index contributed by atoms with van der Waals surface area (Å²) in [5.41, 5.74) is 7.88. The van der Waals surface area contributed by atoms with Gasteiger partial charge in [0, 0.05) is 42.6 Å². The van der Waals surface area contributed by atoms with E-state index in [0.717, 1.165) is 0 Å². The summed E-state index contributed by atoms with van der Waals surface area (Å²) in [5.74, 6) is -13.6. The number of carboxylic acids is 2. The van der Waals surface area contributed by atoms with E-state index >= 15 is 0 Å². The number of hydrogen-bond donors (Lipinski definition) is 4. The number of anilines is 2. The lowest BCUT2D eigenvalue weighted by Gasteiger charge is -2.19. The molecule has 4 atom stereocenters. The fraction of sp³-hybridized carbons (Fsp3) is 0.333. The molecule has 1 aliphatic carbocycles. The molecule has 1 amide bonds. The van der Waals surface area contributed by atoms with Gasteiger partial charge in [-0.05, 0) is 84.5 Å². The first kappa shape index (κ1) is 43.4. The maximum absolute atomic E-state index is 13.0. The molecule has 3 aromatic carbocycles. The van der Waals surface area contributed by atoms with Gasteiger partial charge in [-0.15, -0.1) is 0 Å². The van der Waals surface area contributed by atoms with E-state index in [-0.39, 0.29) is 47.9 Å². The van der Waals surface area contributed by atoms with E-state index in [1.807, 2.05) is 0 Å². The Morgan fingerprint density at radius 3 is 2.16 bits per heavy atom. The summed E-state index contributed by atoms with van der Waals surface area (Å²) >= 11 is 0. The number of amides is 1. The number of hydrogen-bond acceptors (Lipinski definition) is 10. The third-order valence-electron chi connectivity index (χ3n) is 9.11. The molecule has 18 heteroatoms. The molecule has 0 radical (unpaired) electrons. The number of rotatable bonds is 18. The van der Waals surface area contributed by atoms with E-state index in [1.165, 1.54) is 60.7 Å². The van der Waals surface area contributed by atoms with Crippen LogP contribution in [-0.4, -0.2) is 71.6 Å². The first-order valence-corrected chi connectivity index (χ1v) is 17.3. The molecule has 0 bridgehead atoms. The predicted molar refractivity (Wildman–Crippen MR) is 191 cm³/mol. The van der Waals surface area contributed by atoms with Crippen LogP contribution >= 0.6 is 0 Å². The molecule has 0 aliphatic heterocycles. The highest BCUT2D eigenvalue weighted by Crippen LogP contribution is 2.43. The lowest BCUT2D eigenvalue weighted by atomic mass is 9.86. The SMILES string of the molecule is Nc1cc(NC(=O)C2CC(CC(=O)O)C(C=O)C2C(=O)O)ccc1CCOC(=O)C=Cc1ccc(OC(=O)c2ccc(OCCCC(F)(F)C(F)(F)F)cc2)cc1. The number of aldehydes is 1. The maximum Gasteiger partial charge on any atom is 0.453 e. The van der Waals surface area contributed by atoms with Gasteiger partial charge in [0.1, 0.15) is 17.8 Å². The molecule has 3 aromatic rings. The van der Waals surface area contributed by atoms with Gasteiger partial charge in [-0.2, -0.15) is 22.0 Å². The lowest BCUT2D eigenvalue weighted by Crippen LogP contribution is -2.36. The fourth-order valence-corrected chi connectivity index (χ4v) is 6.17. The van der Waals surface area contributed by atoms with Crippen molar-refractivity contribution in [3.05, 3.63) is 89.5 Å². The first-order valence-electron chi connectivity index (χ1n) is 17.3. The number of alkyl halides is 5. The van der Waals surface area contributed by atoms with Crippen molar-refractivity contribution < 1.29 is 75.1 Å². The van der Waals surface area contributed by atoms with Crippen LogP contribution in [0.5, 0.6) is 11.5 Å². The van der Waals surface area contributed by atoms with Crippen LogP contribution in [0.3, 0.4) is 0 Å². The number of nitrogen functional groups attached to an aromatic ring is 1. The Balaban J connectivity index is 1.20. The molecule has 1 saturated carbocycles. The number of carbonyl (C=O) groups excluding carboxylic acids is 4. The summed E-state index contributed by atoms with van der Waals surface area (Å²) in [6.45, 7) is -0.444. The van der Waals surface area contributed by atoms with Crippen LogP contribution < -0.4 is 20.5 Å². The molecule has 4 unspecified atom stereocenters. The number of halogens is 5. The van der Waals surface area contributed by atoms with Gasteiger partial charge in [0.15, 0.2) is 0 Å². The summed E-state index contributed by atoms with van der Waals surface area (Å²) in [5, 5.41) is 21.4. The van der Waals surface area contributed by atoms with Gasteiger partial charge in [-0.1, -0.05) is 18.2 Å². The standard InChI is InChI=1S/C39H37F5N2O11/c40-38(41,39(42,43)44)15-1-16-55-27-11-6-24(7-12-27)37(54)57-28-9-2-22(3-10-28)4-13-33(50)56-17-14-23-5-8-26(20-31(23)45)46-35(51)29-18-25(19-32(48)49)30(21-47)34(29)36(52)53/h2-13,20-21,25,29-30,34H,1,14-19,45H2,(H,46,51)(H,48,49)(H,52,53). The fourth-order valence-electron chi connectivity index (χ4n) is 6.17. The summed E-state index contributed by atoms with van der Waals surface area (Å²) in [6.07, 6.45) is -4.90. The molecule has 57 heavy (non-hydrogen) atoms. The van der Waals surface area contributed by atoms with Crippen molar-refractivity contribution in [1.82, 2.24) is 0 Å². The first-order chi connectivity index (χ1) is 26.9. The van der Waals surface area contributed by atoms with Crippen LogP contribution in [0.25, 0.3) is 6.08 Å². The van der Waals surface area contributed by atoms with Gasteiger partial charge < -0.3 is 40.3 Å². The minimum Gasteiger partial charge on any atom is -0.494 e. The zero-order chi connectivity index (χ0) is 41.9. The van der Waals surface area contributed by atoms with Crippen molar-refractivity contribution >= 4 is 53.5 Å². The third-order valence-corrected chi connectivity index (χ3v) is 9.11. The van der Waals surface area contributed by atoms with Crippen molar-refractivity contribution in [3.8, 4) is 11.5 Å². The van der Waals surface area contributed by atoms with Crippen LogP contribution in [-0.2, 0) is 35.1 Å². The van der Waals surface area contributed by atoms with Gasteiger partial charge in [-0.25, -0.2) is 9.59 Å². The summed E-state index contributed by atoms with van der Waals surface area (Å²) in [7, 11) is 0. The second-order valence-electron chi connectivity index (χ2n) is 13.1. The Kier molecular flexibility index (Phi) is 14.5. The molecular weight excluding hydrogens is 767 g/mol. The van der Waals surface area contributed by atoms with E-state index in [1.54, 1.807) is 18.2 Å². The van der Waals surface area contributed by atoms with Crippen molar-refractivity contribution in [3.63, 3.8) is 0 Å². The maximum atomic E-state index is 13.0. The normalized spacial score (nSPS) is 18.1. The highest BCUT2D eigenvalue weighted by molar-refractivity contribution is 5.97. The number of benzene rings is 3. The zero-order valence-electron chi connectivity index (χ0n) is 29.9. The van der Waals surface area contributed by atoms with E-state index in [9.17, 15) is 55.8 Å². The van der Waals surface area contributed by atoms with Crippen molar-refractivity contribution in [2.45, 2.75) is 44.2 Å². The summed E-state index contributed by atoms with van der Waals surface area (Å²) < 4.78 is 78.5. The number of aliphatic carboxylic acids is 2. The molecule has 304 valence electrons. The van der Waals surface area contributed by atoms with Crippen LogP contribution in [0.4, 0.5) is 33.3 Å². The Morgan fingerprint density at radius 2 is 1.56 bits per heavy atom. The molecule has 13 nitrogen and oxygen atoms in total. The smallest absolute Gasteiger partial charge is 0.453 e. The molecule has 0 aromatic heterocycles. The molecule has 4 rings (SSSR count). The van der Waals surface area contributed by atoms with Crippen molar-refractivity contribution in [2.24, 2.45) is 23.7 Å². The van der Waals surface area contributed by atoms with E-state index < -0.39 is 91.4 Å². The van der Waals surface area contributed by atoms with Crippen LogP contribution in [0.15, 0.2) is 72.8 Å². The van der Waals surface area contributed by atoms with E-state index in [4.69, 9.17) is 25.1 Å². The van der Waals surface area contributed by atoms with Crippen LogP contribution in [0.2, 0.25) is 0 Å². The third kappa shape index (κ3) is 12.1. The topological polar surface area (TPSA) is 209 Å². The van der Waals surface area contributed by atoms with Gasteiger partial charge in [0.2, 0.25) is 5.91 Å². The number of ether oxygens (including phenoxy) is 3. The average molecular weight is 805 g/mol. The molecule has 0 spiro atoms. The average Bonchev–Trinajstić information content (AvgIpc) is 3.52. The quantitative estimate of drug-likeness (QED) is 0.0215. The summed E-state index contributed by atoms with van der Waals surface area (Å²) in [4.78, 5) is 72.5. The largest absolute Gasteiger partial charge is 0.494 e. The van der Waals surface area contributed by atoms with Crippen LogP contribution in [0, 0.1) is 23.7 Å². The lowest BCUT2D eigenvalue weighted by molar-refractivity contribution is -0.284. The van der Waals surface area contributed by atoms with Gasteiger partial charge in [-0.3, -0.25) is 14.4 Å². The van der Waals surface area contributed by atoms with E-state index in [2.05, 4.69) is 5.32 Å². The minimum absolute atomic E-state index is 0.0532. The van der Waals surface area contributed by atoms with E-state index in [0.29, 0.717) is 17.4 Å². The number of nitrogens with one attached hydrogen (secondary N) is 1.